The minimum atomic E-state index is -3.04. The fraction of sp³-hybridized carbons (Fsp3) is 0.909. The summed E-state index contributed by atoms with van der Waals surface area (Å²) < 4.78 is 22.7. The predicted octanol–water partition coefficient (Wildman–Crippen LogP) is 0.819. The average molecular weight is 301 g/mol. The van der Waals surface area contributed by atoms with Crippen molar-refractivity contribution in [2.75, 3.05) is 25.1 Å². The third-order valence-corrected chi connectivity index (χ3v) is 4.47. The number of hydrogen-bond acceptors (Lipinski definition) is 4. The van der Waals surface area contributed by atoms with E-state index in [4.69, 9.17) is 5.73 Å². The van der Waals surface area contributed by atoms with Gasteiger partial charge in [0, 0.05) is 19.3 Å². The largest absolute Gasteiger partial charge is 0.343 e. The second kappa shape index (κ2) is 7.96. The first-order valence-electron chi connectivity index (χ1n) is 5.91. The lowest BCUT2D eigenvalue weighted by Gasteiger charge is -2.28. The Morgan fingerprint density at radius 2 is 1.83 bits per heavy atom. The second-order valence-corrected chi connectivity index (χ2v) is 7.10. The van der Waals surface area contributed by atoms with Crippen LogP contribution in [0.15, 0.2) is 0 Å². The van der Waals surface area contributed by atoms with Crippen LogP contribution in [0.2, 0.25) is 0 Å². The van der Waals surface area contributed by atoms with Crippen LogP contribution < -0.4 is 5.73 Å². The molecule has 18 heavy (non-hydrogen) atoms. The highest BCUT2D eigenvalue weighted by atomic mass is 35.5. The molecule has 1 unspecified atom stereocenters. The van der Waals surface area contributed by atoms with E-state index in [9.17, 15) is 13.2 Å². The van der Waals surface area contributed by atoms with Crippen LogP contribution in [0.3, 0.4) is 0 Å². The number of likely N-dealkylation sites (N-methyl/N-ethyl adjacent to an activating group) is 1. The molecular weight excluding hydrogens is 276 g/mol. The van der Waals surface area contributed by atoms with Crippen LogP contribution in [-0.4, -0.2) is 49.9 Å². The van der Waals surface area contributed by atoms with E-state index in [1.54, 1.807) is 20.9 Å². The van der Waals surface area contributed by atoms with Gasteiger partial charge in [0.15, 0.2) is 9.84 Å². The summed E-state index contributed by atoms with van der Waals surface area (Å²) in [5.41, 5.74) is 5.00. The van der Waals surface area contributed by atoms with Crippen LogP contribution >= 0.6 is 12.4 Å². The lowest BCUT2D eigenvalue weighted by molar-refractivity contribution is -0.135. The first kappa shape index (κ1) is 20.0. The highest BCUT2D eigenvalue weighted by molar-refractivity contribution is 7.91. The number of nitrogens with zero attached hydrogens (tertiary/aromatic N) is 1. The molecule has 0 fully saturated rings. The fourth-order valence-corrected chi connectivity index (χ4v) is 2.42. The maximum absolute atomic E-state index is 12.0. The van der Waals surface area contributed by atoms with Gasteiger partial charge in [-0.3, -0.25) is 4.79 Å². The van der Waals surface area contributed by atoms with E-state index in [0.29, 0.717) is 6.42 Å². The van der Waals surface area contributed by atoms with E-state index >= 15 is 0 Å². The summed E-state index contributed by atoms with van der Waals surface area (Å²) in [6, 6.07) is 0. The number of amides is 1. The molecule has 0 bridgehead atoms. The van der Waals surface area contributed by atoms with E-state index < -0.39 is 15.4 Å². The summed E-state index contributed by atoms with van der Waals surface area (Å²) in [5.74, 6) is -0.108. The Labute approximate surface area is 116 Å². The van der Waals surface area contributed by atoms with Gasteiger partial charge in [0.1, 0.15) is 0 Å². The maximum Gasteiger partial charge on any atom is 0.242 e. The lowest BCUT2D eigenvalue weighted by Crippen LogP contribution is -2.52. The fourth-order valence-electron chi connectivity index (χ4n) is 1.58. The van der Waals surface area contributed by atoms with Gasteiger partial charge in [0.2, 0.25) is 5.91 Å². The number of rotatable bonds is 7. The molecule has 1 amide bonds. The van der Waals surface area contributed by atoms with Crippen LogP contribution in [0.1, 0.15) is 33.6 Å². The Balaban J connectivity index is 0. The number of nitrogens with two attached hydrogens (primary N) is 1. The van der Waals surface area contributed by atoms with E-state index in [1.807, 2.05) is 6.92 Å². The second-order valence-electron chi connectivity index (χ2n) is 4.63. The number of halogens is 1. The molecule has 0 aliphatic rings. The molecular formula is C11H25ClN2O3S. The molecule has 0 heterocycles. The number of hydrogen-bond donors (Lipinski definition) is 1. The molecule has 0 saturated heterocycles. The van der Waals surface area contributed by atoms with Crippen LogP contribution in [-0.2, 0) is 14.6 Å². The Morgan fingerprint density at radius 1 is 1.33 bits per heavy atom. The SMILES string of the molecule is CCCC(C)(N)C(=O)N(C)CCS(=O)(=O)CC.Cl. The quantitative estimate of drug-likeness (QED) is 0.755. The summed E-state index contributed by atoms with van der Waals surface area (Å²) in [6.07, 6.45) is 1.41. The van der Waals surface area contributed by atoms with E-state index in [-0.39, 0.29) is 36.4 Å². The van der Waals surface area contributed by atoms with Crippen molar-refractivity contribution in [3.8, 4) is 0 Å². The summed E-state index contributed by atoms with van der Waals surface area (Å²) in [4.78, 5) is 13.4. The van der Waals surface area contributed by atoms with Crippen molar-refractivity contribution in [3.63, 3.8) is 0 Å². The number of sulfone groups is 1. The average Bonchev–Trinajstić information content (AvgIpc) is 2.25. The van der Waals surface area contributed by atoms with Crippen molar-refractivity contribution in [1.29, 1.82) is 0 Å². The van der Waals surface area contributed by atoms with Crippen LogP contribution in [0.5, 0.6) is 0 Å². The van der Waals surface area contributed by atoms with Gasteiger partial charge >= 0.3 is 0 Å². The highest BCUT2D eigenvalue weighted by Crippen LogP contribution is 2.11. The zero-order chi connectivity index (χ0) is 13.7. The van der Waals surface area contributed by atoms with E-state index in [1.165, 1.54) is 4.90 Å². The molecule has 0 aromatic rings. The first-order valence-corrected chi connectivity index (χ1v) is 7.73. The van der Waals surface area contributed by atoms with Crippen molar-refractivity contribution in [3.05, 3.63) is 0 Å². The van der Waals surface area contributed by atoms with Gasteiger partial charge < -0.3 is 10.6 Å². The molecule has 110 valence electrons. The third-order valence-electron chi connectivity index (χ3n) is 2.78. The highest BCUT2D eigenvalue weighted by Gasteiger charge is 2.30. The normalized spacial score (nSPS) is 14.5. The minimum Gasteiger partial charge on any atom is -0.343 e. The van der Waals surface area contributed by atoms with Crippen molar-refractivity contribution >= 4 is 28.2 Å². The number of carbonyl (C=O) groups excluding carboxylic acids is 1. The molecule has 0 aliphatic carbocycles. The van der Waals surface area contributed by atoms with Crippen LogP contribution in [0, 0.1) is 0 Å². The van der Waals surface area contributed by atoms with Crippen LogP contribution in [0.4, 0.5) is 0 Å². The van der Waals surface area contributed by atoms with Gasteiger partial charge in [0.25, 0.3) is 0 Å². The number of carbonyl (C=O) groups is 1. The summed E-state index contributed by atoms with van der Waals surface area (Å²) >= 11 is 0. The van der Waals surface area contributed by atoms with Crippen molar-refractivity contribution in [2.24, 2.45) is 5.73 Å². The summed E-state index contributed by atoms with van der Waals surface area (Å²) in [7, 11) is -1.45. The molecule has 7 heteroatoms. The van der Waals surface area contributed by atoms with Crippen molar-refractivity contribution in [2.45, 2.75) is 39.2 Å². The third kappa shape index (κ3) is 6.56. The Hall–Kier alpha value is -0.330. The van der Waals surface area contributed by atoms with Gasteiger partial charge in [-0.05, 0) is 13.3 Å². The van der Waals surface area contributed by atoms with Gasteiger partial charge in [-0.2, -0.15) is 0 Å². The van der Waals surface area contributed by atoms with Gasteiger partial charge in [0.05, 0.1) is 11.3 Å². The molecule has 0 spiro atoms. The summed E-state index contributed by atoms with van der Waals surface area (Å²) in [6.45, 7) is 5.44. The molecule has 0 aromatic carbocycles. The van der Waals surface area contributed by atoms with Crippen molar-refractivity contribution < 1.29 is 13.2 Å². The van der Waals surface area contributed by atoms with Crippen LogP contribution in [0.25, 0.3) is 0 Å². The van der Waals surface area contributed by atoms with Gasteiger partial charge in [-0.25, -0.2) is 8.42 Å². The molecule has 5 nitrogen and oxygen atoms in total. The summed E-state index contributed by atoms with van der Waals surface area (Å²) in [5, 5.41) is 0. The van der Waals surface area contributed by atoms with E-state index in [0.717, 1.165) is 6.42 Å². The molecule has 1 atom stereocenters. The van der Waals surface area contributed by atoms with Gasteiger partial charge in [-0.1, -0.05) is 20.3 Å². The Bertz CT molecular complexity index is 355. The lowest BCUT2D eigenvalue weighted by atomic mass is 9.96. The molecule has 0 radical (unpaired) electrons. The Kier molecular flexibility index (Phi) is 8.85. The molecule has 0 saturated carbocycles. The molecule has 2 N–H and O–H groups in total. The smallest absolute Gasteiger partial charge is 0.242 e. The molecule has 0 aromatic heterocycles. The predicted molar refractivity (Wildman–Crippen MR) is 76.7 cm³/mol. The van der Waals surface area contributed by atoms with Gasteiger partial charge in [-0.15, -0.1) is 12.4 Å². The molecule has 0 rings (SSSR count). The minimum absolute atomic E-state index is 0. The topological polar surface area (TPSA) is 80.5 Å². The Morgan fingerprint density at radius 3 is 2.22 bits per heavy atom. The monoisotopic (exact) mass is 300 g/mol. The first-order chi connectivity index (χ1) is 7.66. The zero-order valence-electron chi connectivity index (χ0n) is 11.6. The van der Waals surface area contributed by atoms with E-state index in [2.05, 4.69) is 0 Å². The zero-order valence-corrected chi connectivity index (χ0v) is 13.2. The van der Waals surface area contributed by atoms with Crippen molar-refractivity contribution in [1.82, 2.24) is 4.90 Å². The maximum atomic E-state index is 12.0. The molecule has 0 aliphatic heterocycles. The standard InChI is InChI=1S/C11H24N2O3S.ClH/c1-5-7-11(3,12)10(14)13(4)8-9-17(15,16)6-2;/h5-9,12H2,1-4H3;1H.